The van der Waals surface area contributed by atoms with Gasteiger partial charge in [0.1, 0.15) is 0 Å². The third-order valence-corrected chi connectivity index (χ3v) is 5.21. The van der Waals surface area contributed by atoms with Gasteiger partial charge in [0.25, 0.3) is 0 Å². The summed E-state index contributed by atoms with van der Waals surface area (Å²) in [6.07, 6.45) is 0.344. The highest BCUT2D eigenvalue weighted by atomic mass is 35.7. The highest BCUT2D eigenvalue weighted by Crippen LogP contribution is 2.25. The Balaban J connectivity index is 1.97. The zero-order chi connectivity index (χ0) is 19.0. The second-order valence-corrected chi connectivity index (χ2v) is 9.01. The van der Waals surface area contributed by atoms with Gasteiger partial charge in [-0.05, 0) is 23.5 Å². The van der Waals surface area contributed by atoms with Gasteiger partial charge >= 0.3 is 0 Å². The van der Waals surface area contributed by atoms with Crippen LogP contribution in [0.4, 0.5) is 0 Å². The van der Waals surface area contributed by atoms with E-state index in [0.717, 1.165) is 11.1 Å². The molecule has 2 unspecified atom stereocenters. The van der Waals surface area contributed by atoms with Gasteiger partial charge in [0.15, 0.2) is 0 Å². The lowest BCUT2D eigenvalue weighted by Gasteiger charge is -2.19. The lowest BCUT2D eigenvalue weighted by molar-refractivity contribution is -0.138. The van der Waals surface area contributed by atoms with Gasteiger partial charge in [0, 0.05) is 10.7 Å². The van der Waals surface area contributed by atoms with E-state index in [0.29, 0.717) is 6.42 Å². The predicted molar refractivity (Wildman–Crippen MR) is 102 cm³/mol. The summed E-state index contributed by atoms with van der Waals surface area (Å²) in [5.74, 6) is -1.73. The molecule has 7 heteroatoms. The molecule has 2 rings (SSSR count). The summed E-state index contributed by atoms with van der Waals surface area (Å²) in [7, 11) is 1.57. The number of amides is 1. The molecule has 0 bridgehead atoms. The summed E-state index contributed by atoms with van der Waals surface area (Å²) in [6, 6.07) is 19.0. The molecule has 0 fully saturated rings. The minimum atomic E-state index is -3.82. The van der Waals surface area contributed by atoms with Crippen molar-refractivity contribution in [2.45, 2.75) is 25.9 Å². The summed E-state index contributed by atoms with van der Waals surface area (Å²) in [4.78, 5) is 17.6. The normalized spacial score (nSPS) is 13.8. The Hall–Kier alpha value is -1.89. The quantitative estimate of drug-likeness (QED) is 0.520. The fraction of sp³-hybridized carbons (Fsp3) is 0.316. The van der Waals surface area contributed by atoms with Crippen LogP contribution in [0.15, 0.2) is 60.7 Å². The predicted octanol–water partition coefficient (Wildman–Crippen LogP) is 3.61. The fourth-order valence-electron chi connectivity index (χ4n) is 2.68. The maximum absolute atomic E-state index is 12.4. The number of hydrogen-bond donors (Lipinski definition) is 1. The molecular formula is C19H22ClNO4S. The number of carbonyl (C=O) groups is 1. The van der Waals surface area contributed by atoms with Gasteiger partial charge in [0.2, 0.25) is 15.0 Å². The molecule has 2 aromatic carbocycles. The van der Waals surface area contributed by atoms with Crippen LogP contribution in [-0.2, 0) is 25.3 Å². The van der Waals surface area contributed by atoms with Crippen molar-refractivity contribution in [3.05, 3.63) is 71.8 Å². The Morgan fingerprint density at radius 1 is 1.08 bits per heavy atom. The van der Waals surface area contributed by atoms with Gasteiger partial charge in [-0.15, -0.1) is 0 Å². The van der Waals surface area contributed by atoms with Crippen LogP contribution in [0.25, 0.3) is 0 Å². The molecule has 0 aliphatic rings. The lowest BCUT2D eigenvalue weighted by Crippen LogP contribution is -2.34. The molecule has 2 aromatic rings. The van der Waals surface area contributed by atoms with E-state index in [9.17, 15) is 13.2 Å². The molecule has 0 radical (unpaired) electrons. The van der Waals surface area contributed by atoms with E-state index in [4.69, 9.17) is 15.5 Å². The molecule has 0 aliphatic heterocycles. The molecule has 0 saturated carbocycles. The van der Waals surface area contributed by atoms with E-state index in [-0.39, 0.29) is 12.5 Å². The van der Waals surface area contributed by atoms with Gasteiger partial charge in [0.05, 0.1) is 18.3 Å². The third-order valence-electron chi connectivity index (χ3n) is 4.03. The van der Waals surface area contributed by atoms with Crippen molar-refractivity contribution in [3.63, 3.8) is 0 Å². The van der Waals surface area contributed by atoms with Crippen molar-refractivity contribution in [2.75, 3.05) is 5.75 Å². The van der Waals surface area contributed by atoms with Crippen LogP contribution in [0.5, 0.6) is 0 Å². The summed E-state index contributed by atoms with van der Waals surface area (Å²) in [6.45, 7) is 2.14. The molecule has 26 heavy (non-hydrogen) atoms. The molecule has 0 heterocycles. The Bertz CT molecular complexity index is 797. The first-order chi connectivity index (χ1) is 12.3. The molecule has 5 nitrogen and oxygen atoms in total. The standard InChI is InChI=1S/C19H22ClNO4S/c1-15(17-10-6-3-7-11-17)12-18(14-26(20,23)24)19(22)21-25-13-16-8-4-2-5-9-16/h2-11,15,18H,12-14H2,1H3,(H,21,22). The van der Waals surface area contributed by atoms with Crippen molar-refractivity contribution in [3.8, 4) is 0 Å². The number of hydroxylamine groups is 1. The Labute approximate surface area is 158 Å². The zero-order valence-corrected chi connectivity index (χ0v) is 16.0. The second kappa shape index (κ2) is 9.71. The fourth-order valence-corrected chi connectivity index (χ4v) is 3.91. The van der Waals surface area contributed by atoms with Crippen LogP contribution in [-0.4, -0.2) is 20.1 Å². The Kier molecular flexibility index (Phi) is 7.63. The Morgan fingerprint density at radius 3 is 2.23 bits per heavy atom. The van der Waals surface area contributed by atoms with E-state index in [2.05, 4.69) is 5.48 Å². The summed E-state index contributed by atoms with van der Waals surface area (Å²) in [5.41, 5.74) is 4.27. The largest absolute Gasteiger partial charge is 0.272 e. The summed E-state index contributed by atoms with van der Waals surface area (Å²) >= 11 is 0. The van der Waals surface area contributed by atoms with Crippen molar-refractivity contribution in [2.24, 2.45) is 5.92 Å². The minimum absolute atomic E-state index is 0.000472. The molecule has 0 aliphatic carbocycles. The van der Waals surface area contributed by atoms with Gasteiger partial charge in [-0.1, -0.05) is 67.6 Å². The first-order valence-corrected chi connectivity index (χ1v) is 10.8. The highest BCUT2D eigenvalue weighted by Gasteiger charge is 2.27. The number of benzene rings is 2. The number of nitrogens with one attached hydrogen (secondary N) is 1. The van der Waals surface area contributed by atoms with Crippen LogP contribution >= 0.6 is 10.7 Å². The number of hydrogen-bond acceptors (Lipinski definition) is 4. The molecule has 1 N–H and O–H groups in total. The molecule has 2 atom stereocenters. The van der Waals surface area contributed by atoms with E-state index in [1.165, 1.54) is 0 Å². The van der Waals surface area contributed by atoms with Gasteiger partial charge in [-0.2, -0.15) is 0 Å². The molecule has 0 spiro atoms. The maximum Gasteiger partial charge on any atom is 0.247 e. The van der Waals surface area contributed by atoms with Crippen molar-refractivity contribution < 1.29 is 18.0 Å². The van der Waals surface area contributed by atoms with Crippen molar-refractivity contribution >= 4 is 25.6 Å². The van der Waals surface area contributed by atoms with E-state index < -0.39 is 26.6 Å². The monoisotopic (exact) mass is 395 g/mol. The van der Waals surface area contributed by atoms with Crippen LogP contribution in [0.1, 0.15) is 30.4 Å². The first kappa shape index (κ1) is 20.4. The van der Waals surface area contributed by atoms with Crippen LogP contribution in [0.3, 0.4) is 0 Å². The van der Waals surface area contributed by atoms with Crippen molar-refractivity contribution in [1.29, 1.82) is 0 Å². The average molecular weight is 396 g/mol. The minimum Gasteiger partial charge on any atom is -0.272 e. The first-order valence-electron chi connectivity index (χ1n) is 8.28. The summed E-state index contributed by atoms with van der Waals surface area (Å²) in [5, 5.41) is 0. The van der Waals surface area contributed by atoms with Crippen LogP contribution < -0.4 is 5.48 Å². The van der Waals surface area contributed by atoms with E-state index >= 15 is 0 Å². The molecular weight excluding hydrogens is 374 g/mol. The van der Waals surface area contributed by atoms with Crippen molar-refractivity contribution in [1.82, 2.24) is 5.48 Å². The average Bonchev–Trinajstić information content (AvgIpc) is 2.61. The number of carbonyl (C=O) groups excluding carboxylic acids is 1. The molecule has 140 valence electrons. The second-order valence-electron chi connectivity index (χ2n) is 6.19. The highest BCUT2D eigenvalue weighted by molar-refractivity contribution is 8.13. The van der Waals surface area contributed by atoms with Crippen LogP contribution in [0.2, 0.25) is 0 Å². The lowest BCUT2D eigenvalue weighted by atomic mass is 9.91. The van der Waals surface area contributed by atoms with E-state index in [1.807, 2.05) is 67.6 Å². The molecule has 0 saturated heterocycles. The Morgan fingerprint density at radius 2 is 1.65 bits per heavy atom. The van der Waals surface area contributed by atoms with Gasteiger partial charge in [-0.3, -0.25) is 9.63 Å². The van der Waals surface area contributed by atoms with Gasteiger partial charge in [-0.25, -0.2) is 13.9 Å². The summed E-state index contributed by atoms with van der Waals surface area (Å²) < 4.78 is 23.0. The third kappa shape index (κ3) is 7.15. The van der Waals surface area contributed by atoms with Gasteiger partial charge < -0.3 is 0 Å². The smallest absolute Gasteiger partial charge is 0.247 e. The molecule has 0 aromatic heterocycles. The number of rotatable bonds is 9. The van der Waals surface area contributed by atoms with E-state index in [1.54, 1.807) is 0 Å². The SMILES string of the molecule is CC(CC(CS(=O)(=O)Cl)C(=O)NOCc1ccccc1)c1ccccc1. The topological polar surface area (TPSA) is 72.5 Å². The molecule has 1 amide bonds. The van der Waals surface area contributed by atoms with Crippen LogP contribution in [0, 0.1) is 5.92 Å². The zero-order valence-electron chi connectivity index (χ0n) is 14.5. The number of halogens is 1. The maximum atomic E-state index is 12.4.